The number of epoxide rings is 1. The molecule has 2 saturated heterocycles. The van der Waals surface area contributed by atoms with Gasteiger partial charge in [0.05, 0.1) is 18.1 Å². The van der Waals surface area contributed by atoms with Crippen molar-refractivity contribution in [2.24, 2.45) is 28.6 Å². The second kappa shape index (κ2) is 4.90. The number of carbonyl (C=O) groups excluding carboxylic acids is 2. The molecule has 28 heavy (non-hydrogen) atoms. The summed E-state index contributed by atoms with van der Waals surface area (Å²) in [4.78, 5) is 24.2. The van der Waals surface area contributed by atoms with E-state index in [0.717, 1.165) is 37.7 Å². The van der Waals surface area contributed by atoms with Crippen LogP contribution in [0.1, 0.15) is 65.2 Å². The molecule has 5 fully saturated rings. The predicted molar refractivity (Wildman–Crippen MR) is 98.8 cm³/mol. The SMILES string of the molecule is C[C@]12CCC(=O)CC1=C[C@@H](C#N)C1C3CC[C@@]4(CCC(=O)O4)[C@@]3(C)C[C@H]3O[C@@]132. The van der Waals surface area contributed by atoms with Crippen LogP contribution in [0.3, 0.4) is 0 Å². The third-order valence-electron chi connectivity index (χ3n) is 9.84. The van der Waals surface area contributed by atoms with E-state index in [1.165, 1.54) is 0 Å². The Morgan fingerprint density at radius 2 is 2.00 bits per heavy atom. The summed E-state index contributed by atoms with van der Waals surface area (Å²) in [6, 6.07) is 2.56. The quantitative estimate of drug-likeness (QED) is 0.365. The number of hydrogen-bond donors (Lipinski definition) is 0. The molecule has 0 aromatic heterocycles. The highest BCUT2D eigenvalue weighted by Crippen LogP contribution is 2.77. The largest absolute Gasteiger partial charge is 0.458 e. The maximum atomic E-state index is 12.2. The fourth-order valence-corrected chi connectivity index (χ4v) is 8.36. The van der Waals surface area contributed by atoms with Gasteiger partial charge in [-0.25, -0.2) is 0 Å². The van der Waals surface area contributed by atoms with Gasteiger partial charge in [-0.1, -0.05) is 25.5 Å². The normalized spacial score (nSPS) is 56.1. The van der Waals surface area contributed by atoms with Crippen LogP contribution in [0.15, 0.2) is 11.6 Å². The van der Waals surface area contributed by atoms with Crippen molar-refractivity contribution in [2.45, 2.75) is 82.5 Å². The number of fused-ring (bicyclic) bond motifs is 4. The van der Waals surface area contributed by atoms with Crippen molar-refractivity contribution < 1.29 is 19.1 Å². The second-order valence-corrected chi connectivity index (χ2v) is 10.6. The van der Waals surface area contributed by atoms with Gasteiger partial charge in [-0.05, 0) is 38.0 Å². The highest BCUT2D eigenvalue weighted by molar-refractivity contribution is 5.83. The lowest BCUT2D eigenvalue weighted by Crippen LogP contribution is -2.61. The molecule has 2 unspecified atom stereocenters. The summed E-state index contributed by atoms with van der Waals surface area (Å²) in [7, 11) is 0. The third-order valence-corrected chi connectivity index (χ3v) is 9.84. The molecular weight excluding hydrogens is 354 g/mol. The Hall–Kier alpha value is -1.67. The number of allylic oxidation sites excluding steroid dienone is 1. The summed E-state index contributed by atoms with van der Waals surface area (Å²) in [5.41, 5.74) is 0.178. The van der Waals surface area contributed by atoms with Crippen molar-refractivity contribution in [1.29, 1.82) is 5.26 Å². The number of carbonyl (C=O) groups is 2. The molecule has 2 spiro atoms. The monoisotopic (exact) mass is 381 g/mol. The summed E-state index contributed by atoms with van der Waals surface area (Å²) in [5.74, 6) is 0.424. The van der Waals surface area contributed by atoms with Crippen LogP contribution in [-0.4, -0.2) is 29.1 Å². The summed E-state index contributed by atoms with van der Waals surface area (Å²) in [5, 5.41) is 10.1. The highest BCUT2D eigenvalue weighted by Gasteiger charge is 2.82. The summed E-state index contributed by atoms with van der Waals surface area (Å²) in [6.45, 7) is 4.56. The van der Waals surface area contributed by atoms with Gasteiger partial charge < -0.3 is 9.47 Å². The fourth-order valence-electron chi connectivity index (χ4n) is 8.36. The number of nitrogens with zero attached hydrogens (tertiary/aromatic N) is 1. The Bertz CT molecular complexity index is 888. The zero-order valence-corrected chi connectivity index (χ0v) is 16.6. The number of Topliss-reactive ketones (excluding diaryl/α,β-unsaturated/α-hetero) is 1. The van der Waals surface area contributed by atoms with Crippen LogP contribution in [-0.2, 0) is 19.1 Å². The van der Waals surface area contributed by atoms with E-state index >= 15 is 0 Å². The molecule has 6 rings (SSSR count). The molecule has 2 aliphatic heterocycles. The van der Waals surface area contributed by atoms with E-state index in [1.54, 1.807) is 0 Å². The number of rotatable bonds is 0. The van der Waals surface area contributed by atoms with Crippen LogP contribution >= 0.6 is 0 Å². The maximum Gasteiger partial charge on any atom is 0.306 e. The zero-order valence-electron chi connectivity index (χ0n) is 16.6. The fraction of sp³-hybridized carbons (Fsp3) is 0.783. The molecule has 0 radical (unpaired) electrons. The first-order chi connectivity index (χ1) is 13.3. The first-order valence-electron chi connectivity index (χ1n) is 10.8. The lowest BCUT2D eigenvalue weighted by Gasteiger charge is -2.57. The van der Waals surface area contributed by atoms with Crippen LogP contribution < -0.4 is 0 Å². The number of hydrogen-bond acceptors (Lipinski definition) is 5. The molecular formula is C23H27NO4. The van der Waals surface area contributed by atoms with Gasteiger partial charge >= 0.3 is 5.97 Å². The summed E-state index contributed by atoms with van der Waals surface area (Å²) in [6.07, 6.45) is 8.23. The third kappa shape index (κ3) is 1.66. The van der Waals surface area contributed by atoms with Gasteiger partial charge in [0.25, 0.3) is 0 Å². The molecule has 5 heteroatoms. The van der Waals surface area contributed by atoms with Crippen molar-refractivity contribution in [3.05, 3.63) is 11.6 Å². The first kappa shape index (κ1) is 17.2. The van der Waals surface area contributed by atoms with Crippen molar-refractivity contribution in [3.63, 3.8) is 0 Å². The zero-order chi connectivity index (χ0) is 19.5. The second-order valence-electron chi connectivity index (χ2n) is 10.6. The Labute approximate surface area is 165 Å². The number of ketones is 1. The van der Waals surface area contributed by atoms with E-state index in [1.807, 2.05) is 0 Å². The molecule has 0 amide bonds. The van der Waals surface area contributed by atoms with Crippen LogP contribution in [0.25, 0.3) is 0 Å². The Balaban J connectivity index is 1.48. The molecule has 148 valence electrons. The minimum atomic E-state index is -0.375. The average Bonchev–Trinajstić information content (AvgIpc) is 3.14. The van der Waals surface area contributed by atoms with E-state index in [9.17, 15) is 14.9 Å². The van der Waals surface area contributed by atoms with Gasteiger partial charge in [0, 0.05) is 36.0 Å². The Morgan fingerprint density at radius 3 is 2.71 bits per heavy atom. The van der Waals surface area contributed by atoms with Gasteiger partial charge in [0.15, 0.2) is 0 Å². The van der Waals surface area contributed by atoms with E-state index in [2.05, 4.69) is 26.0 Å². The van der Waals surface area contributed by atoms with Crippen LogP contribution in [0.4, 0.5) is 0 Å². The van der Waals surface area contributed by atoms with Crippen LogP contribution in [0, 0.1) is 39.9 Å². The molecule has 0 bridgehead atoms. The molecule has 0 aromatic carbocycles. The van der Waals surface area contributed by atoms with Gasteiger partial charge in [-0.3, -0.25) is 9.59 Å². The molecule has 3 saturated carbocycles. The number of ether oxygens (including phenoxy) is 2. The topological polar surface area (TPSA) is 79.7 Å². The smallest absolute Gasteiger partial charge is 0.306 e. The van der Waals surface area contributed by atoms with Gasteiger partial charge in [0.1, 0.15) is 17.0 Å². The average molecular weight is 381 g/mol. The van der Waals surface area contributed by atoms with Crippen LogP contribution in [0.5, 0.6) is 0 Å². The van der Waals surface area contributed by atoms with E-state index in [4.69, 9.17) is 9.47 Å². The van der Waals surface area contributed by atoms with Crippen molar-refractivity contribution in [3.8, 4) is 6.07 Å². The molecule has 0 N–H and O–H groups in total. The lowest BCUT2D eigenvalue weighted by atomic mass is 9.44. The highest BCUT2D eigenvalue weighted by atomic mass is 16.6. The molecule has 2 heterocycles. The van der Waals surface area contributed by atoms with E-state index in [-0.39, 0.29) is 51.7 Å². The van der Waals surface area contributed by atoms with E-state index < -0.39 is 0 Å². The lowest BCUT2D eigenvalue weighted by molar-refractivity contribution is -0.164. The minimum Gasteiger partial charge on any atom is -0.458 e. The van der Waals surface area contributed by atoms with E-state index in [0.29, 0.717) is 25.2 Å². The van der Waals surface area contributed by atoms with Crippen LogP contribution in [0.2, 0.25) is 0 Å². The van der Waals surface area contributed by atoms with Crippen molar-refractivity contribution in [2.75, 3.05) is 0 Å². The summed E-state index contributed by atoms with van der Waals surface area (Å²) < 4.78 is 12.6. The first-order valence-corrected chi connectivity index (χ1v) is 10.8. The molecule has 0 aromatic rings. The van der Waals surface area contributed by atoms with Gasteiger partial charge in [0.2, 0.25) is 0 Å². The van der Waals surface area contributed by atoms with Gasteiger partial charge in [-0.2, -0.15) is 5.26 Å². The molecule has 5 nitrogen and oxygen atoms in total. The summed E-state index contributed by atoms with van der Waals surface area (Å²) >= 11 is 0. The standard InChI is InChI=1S/C23H27NO4/c1-20-6-3-15(25)10-14(20)9-13(12-24)19-16-4-7-22(8-5-18(26)28-22)21(16,2)11-17-23(19,20)27-17/h9,13,16-17,19H,3-8,10-11H2,1-2H3/t13-,16?,17+,19?,20-,21-,22+,23+/m0/s1. The maximum absolute atomic E-state index is 12.2. The minimum absolute atomic E-state index is 0.0733. The molecule has 6 aliphatic rings. The Kier molecular flexibility index (Phi) is 3.01. The molecule has 4 aliphatic carbocycles. The number of nitriles is 1. The van der Waals surface area contributed by atoms with Crippen molar-refractivity contribution >= 4 is 11.8 Å². The predicted octanol–water partition coefficient (Wildman–Crippen LogP) is 3.48. The van der Waals surface area contributed by atoms with Gasteiger partial charge in [-0.15, -0.1) is 0 Å². The number of esters is 1. The Morgan fingerprint density at radius 1 is 1.18 bits per heavy atom. The van der Waals surface area contributed by atoms with Crippen molar-refractivity contribution in [1.82, 2.24) is 0 Å². The molecule has 8 atom stereocenters.